The van der Waals surface area contributed by atoms with Crippen molar-refractivity contribution < 1.29 is 9.53 Å². The lowest BCUT2D eigenvalue weighted by molar-refractivity contribution is 0.0688. The van der Waals surface area contributed by atoms with Crippen LogP contribution in [0.5, 0.6) is 0 Å². The van der Waals surface area contributed by atoms with Gasteiger partial charge in [0.05, 0.1) is 17.5 Å². The quantitative estimate of drug-likeness (QED) is 0.476. The zero-order chi connectivity index (χ0) is 23.7. The summed E-state index contributed by atoms with van der Waals surface area (Å²) in [5, 5.41) is 16.3. The van der Waals surface area contributed by atoms with Gasteiger partial charge in [0.25, 0.3) is 0 Å². The summed E-state index contributed by atoms with van der Waals surface area (Å²) >= 11 is 0. The van der Waals surface area contributed by atoms with Crippen molar-refractivity contribution in [2.45, 2.75) is 45.6 Å². The van der Waals surface area contributed by atoms with E-state index in [-0.39, 0.29) is 18.1 Å². The molecule has 0 radical (unpaired) electrons. The van der Waals surface area contributed by atoms with Crippen molar-refractivity contribution >= 4 is 23.2 Å². The molecule has 4 aromatic rings. The fraction of sp³-hybridized carbons (Fsp3) is 0.409. The summed E-state index contributed by atoms with van der Waals surface area (Å²) in [7, 11) is 0. The Morgan fingerprint density at radius 2 is 2.03 bits per heavy atom. The highest BCUT2D eigenvalue weighted by Gasteiger charge is 2.28. The minimum atomic E-state index is -0.256. The first-order valence-corrected chi connectivity index (χ1v) is 11.2. The molecule has 0 aliphatic carbocycles. The van der Waals surface area contributed by atoms with Gasteiger partial charge in [-0.15, -0.1) is 10.2 Å². The Balaban J connectivity index is 1.33. The molecule has 1 aliphatic heterocycles. The largest absolute Gasteiger partial charge is 0.447 e. The van der Waals surface area contributed by atoms with Gasteiger partial charge in [0, 0.05) is 31.4 Å². The highest BCUT2D eigenvalue weighted by atomic mass is 16.6. The topological polar surface area (TPSA) is 128 Å². The molecule has 1 N–H and O–H groups in total. The highest BCUT2D eigenvalue weighted by molar-refractivity contribution is 5.71. The molecule has 1 aliphatic rings. The fourth-order valence-corrected chi connectivity index (χ4v) is 4.07. The first-order valence-electron chi connectivity index (χ1n) is 11.2. The van der Waals surface area contributed by atoms with E-state index in [0.29, 0.717) is 30.4 Å². The average molecular weight is 463 g/mol. The zero-order valence-electron chi connectivity index (χ0n) is 19.3. The SMILES string of the molecule is Cc1nc(-n2cncn2)ccc1Nc1nccn2c(C3CCN(C(=O)OC(C)C)CC3)nnc12. The summed E-state index contributed by atoms with van der Waals surface area (Å²) in [4.78, 5) is 27.0. The maximum absolute atomic E-state index is 12.2. The molecule has 1 amide bonds. The van der Waals surface area contributed by atoms with Crippen molar-refractivity contribution in [3.8, 4) is 5.82 Å². The normalized spacial score (nSPS) is 14.6. The number of carbonyl (C=O) groups is 1. The van der Waals surface area contributed by atoms with Gasteiger partial charge in [0.2, 0.25) is 5.65 Å². The number of ether oxygens (including phenoxy) is 1. The number of hydrogen-bond donors (Lipinski definition) is 1. The molecule has 0 spiro atoms. The van der Waals surface area contributed by atoms with Gasteiger partial charge in [0.1, 0.15) is 18.5 Å². The van der Waals surface area contributed by atoms with Crippen LogP contribution in [0.3, 0.4) is 0 Å². The minimum Gasteiger partial charge on any atom is -0.447 e. The van der Waals surface area contributed by atoms with Crippen molar-refractivity contribution in [2.24, 2.45) is 0 Å². The summed E-state index contributed by atoms with van der Waals surface area (Å²) in [6.07, 6.45) is 7.89. The van der Waals surface area contributed by atoms with Gasteiger partial charge in [-0.1, -0.05) is 0 Å². The van der Waals surface area contributed by atoms with E-state index >= 15 is 0 Å². The van der Waals surface area contributed by atoms with E-state index in [1.165, 1.54) is 6.33 Å². The smallest absolute Gasteiger partial charge is 0.410 e. The van der Waals surface area contributed by atoms with Crippen molar-refractivity contribution in [3.63, 3.8) is 0 Å². The Morgan fingerprint density at radius 3 is 2.74 bits per heavy atom. The van der Waals surface area contributed by atoms with E-state index in [0.717, 1.165) is 30.0 Å². The Morgan fingerprint density at radius 1 is 1.21 bits per heavy atom. The van der Waals surface area contributed by atoms with Gasteiger partial charge in [-0.2, -0.15) is 5.10 Å². The zero-order valence-corrected chi connectivity index (χ0v) is 19.3. The number of nitrogens with one attached hydrogen (secondary N) is 1. The summed E-state index contributed by atoms with van der Waals surface area (Å²) in [5.41, 5.74) is 2.24. The third-order valence-electron chi connectivity index (χ3n) is 5.79. The molecule has 176 valence electrons. The van der Waals surface area contributed by atoms with Crippen LogP contribution in [0.2, 0.25) is 0 Å². The van der Waals surface area contributed by atoms with Crippen LogP contribution >= 0.6 is 0 Å². The summed E-state index contributed by atoms with van der Waals surface area (Å²) in [6.45, 7) is 6.88. The number of amides is 1. The minimum absolute atomic E-state index is 0.123. The monoisotopic (exact) mass is 462 g/mol. The average Bonchev–Trinajstić information content (AvgIpc) is 3.51. The standard InChI is InChI=1S/C22H26N10O2/c1-14(2)34-22(33)30-9-6-16(7-10-30)20-28-29-21-19(24-8-11-31(20)21)27-17-4-5-18(26-15(17)3)32-13-23-12-25-32/h4-5,8,11-14,16H,6-7,9-10H2,1-3H3,(H,24,27). The van der Waals surface area contributed by atoms with Gasteiger partial charge in [-0.25, -0.2) is 24.4 Å². The lowest BCUT2D eigenvalue weighted by Crippen LogP contribution is -2.39. The predicted octanol–water partition coefficient (Wildman–Crippen LogP) is 2.88. The number of aryl methyl sites for hydroxylation is 1. The molecule has 12 heteroatoms. The second kappa shape index (κ2) is 9.04. The Bertz CT molecular complexity index is 1290. The summed E-state index contributed by atoms with van der Waals surface area (Å²) in [6, 6.07) is 3.78. The molecular weight excluding hydrogens is 436 g/mol. The van der Waals surface area contributed by atoms with Crippen molar-refractivity contribution in [1.82, 2.24) is 44.2 Å². The number of carbonyl (C=O) groups excluding carboxylic acids is 1. The molecule has 4 aromatic heterocycles. The number of pyridine rings is 1. The van der Waals surface area contributed by atoms with Gasteiger partial charge >= 0.3 is 6.09 Å². The molecule has 1 fully saturated rings. The van der Waals surface area contributed by atoms with Gasteiger partial charge in [0.15, 0.2) is 11.6 Å². The second-order valence-corrected chi connectivity index (χ2v) is 8.49. The van der Waals surface area contributed by atoms with Crippen LogP contribution in [0.1, 0.15) is 44.1 Å². The molecule has 12 nitrogen and oxygen atoms in total. The predicted molar refractivity (Wildman–Crippen MR) is 123 cm³/mol. The van der Waals surface area contributed by atoms with Crippen LogP contribution in [0.4, 0.5) is 16.3 Å². The molecule has 5 rings (SSSR count). The first kappa shape index (κ1) is 21.7. The number of likely N-dealkylation sites (tertiary alicyclic amines) is 1. The molecule has 0 bridgehead atoms. The number of fused-ring (bicyclic) bond motifs is 1. The van der Waals surface area contributed by atoms with Gasteiger partial charge < -0.3 is 15.0 Å². The number of nitrogens with zero attached hydrogens (tertiary/aromatic N) is 9. The van der Waals surface area contributed by atoms with E-state index in [4.69, 9.17) is 4.74 Å². The lowest BCUT2D eigenvalue weighted by Gasteiger charge is -2.31. The maximum Gasteiger partial charge on any atom is 0.410 e. The molecule has 0 saturated carbocycles. The first-order chi connectivity index (χ1) is 16.5. The Kier molecular flexibility index (Phi) is 5.78. The molecule has 5 heterocycles. The highest BCUT2D eigenvalue weighted by Crippen LogP contribution is 2.29. The molecule has 0 aromatic carbocycles. The third kappa shape index (κ3) is 4.26. The summed E-state index contributed by atoms with van der Waals surface area (Å²) in [5.74, 6) is 2.34. The number of aromatic nitrogens is 8. The maximum atomic E-state index is 12.2. The van der Waals surface area contributed by atoms with Crippen LogP contribution in [0.25, 0.3) is 11.5 Å². The molecule has 34 heavy (non-hydrogen) atoms. The second-order valence-electron chi connectivity index (χ2n) is 8.49. The number of hydrogen-bond acceptors (Lipinski definition) is 9. The number of rotatable bonds is 5. The van der Waals surface area contributed by atoms with Gasteiger partial charge in [-0.3, -0.25) is 4.40 Å². The van der Waals surface area contributed by atoms with E-state index in [1.54, 1.807) is 22.1 Å². The van der Waals surface area contributed by atoms with Crippen molar-refractivity contribution in [3.05, 3.63) is 48.7 Å². The van der Waals surface area contributed by atoms with E-state index < -0.39 is 0 Å². The molecular formula is C22H26N10O2. The fourth-order valence-electron chi connectivity index (χ4n) is 4.07. The Hall–Kier alpha value is -4.09. The van der Waals surface area contributed by atoms with E-state index in [1.807, 2.05) is 43.5 Å². The lowest BCUT2D eigenvalue weighted by atomic mass is 9.96. The molecule has 0 atom stereocenters. The van der Waals surface area contributed by atoms with Crippen LogP contribution in [0, 0.1) is 6.92 Å². The van der Waals surface area contributed by atoms with Crippen LogP contribution in [0.15, 0.2) is 37.2 Å². The van der Waals surface area contributed by atoms with Crippen LogP contribution in [-0.2, 0) is 4.74 Å². The van der Waals surface area contributed by atoms with E-state index in [9.17, 15) is 4.79 Å². The van der Waals surface area contributed by atoms with Crippen LogP contribution < -0.4 is 5.32 Å². The third-order valence-corrected chi connectivity index (χ3v) is 5.79. The number of piperidine rings is 1. The molecule has 0 unspecified atom stereocenters. The van der Waals surface area contributed by atoms with Crippen LogP contribution in [-0.4, -0.2) is 69.5 Å². The van der Waals surface area contributed by atoms with Crippen molar-refractivity contribution in [1.29, 1.82) is 0 Å². The van der Waals surface area contributed by atoms with E-state index in [2.05, 4.69) is 35.6 Å². The van der Waals surface area contributed by atoms with Crippen molar-refractivity contribution in [2.75, 3.05) is 18.4 Å². The summed E-state index contributed by atoms with van der Waals surface area (Å²) < 4.78 is 8.89. The molecule has 1 saturated heterocycles. The van der Waals surface area contributed by atoms with Gasteiger partial charge in [-0.05, 0) is 45.7 Å². The number of anilines is 2. The Labute approximate surface area is 196 Å².